The quantitative estimate of drug-likeness (QED) is 0.849. The number of guanidine groups is 1. The minimum Gasteiger partial charge on any atom is -0.369 e. The second-order valence-corrected chi connectivity index (χ2v) is 7.27. The van der Waals surface area contributed by atoms with Gasteiger partial charge in [-0.1, -0.05) is 32.4 Å². The molecule has 2 N–H and O–H groups in total. The lowest BCUT2D eigenvalue weighted by Crippen LogP contribution is -2.55. The number of hydrogen-bond acceptors (Lipinski definition) is 3. The van der Waals surface area contributed by atoms with E-state index in [-0.39, 0.29) is 5.54 Å². The van der Waals surface area contributed by atoms with Crippen molar-refractivity contribution in [1.29, 1.82) is 0 Å². The number of rotatable bonds is 1. The third kappa shape index (κ3) is 2.19. The van der Waals surface area contributed by atoms with Crippen LogP contribution >= 0.6 is 0 Å². The molecule has 3 heteroatoms. The van der Waals surface area contributed by atoms with Crippen LogP contribution in [0.1, 0.15) is 45.1 Å². The summed E-state index contributed by atoms with van der Waals surface area (Å²) in [5.74, 6) is 0.688. The molecule has 1 fully saturated rings. The zero-order valence-corrected chi connectivity index (χ0v) is 12.8. The summed E-state index contributed by atoms with van der Waals surface area (Å²) in [6.07, 6.45) is 4.92. The Morgan fingerprint density at radius 3 is 2.75 bits per heavy atom. The lowest BCUT2D eigenvalue weighted by molar-refractivity contribution is 0.163. The van der Waals surface area contributed by atoms with Crippen LogP contribution in [0.15, 0.2) is 29.3 Å². The van der Waals surface area contributed by atoms with E-state index in [2.05, 4.69) is 54.9 Å². The fourth-order valence-corrected chi connectivity index (χ4v) is 4.08. The standard InChI is InChI=1S/C17H25N3/c1-13-6-4-7-14(10-13)20-15(18)19-12-17(20)9-5-8-16(2,3)11-17/h4,6-7,10H,5,8-9,11-12H2,1-3H3,(H2,18,19). The normalized spacial score (nSPS) is 28.8. The highest BCUT2D eigenvalue weighted by Gasteiger charge is 2.48. The van der Waals surface area contributed by atoms with Crippen LogP contribution in [0.5, 0.6) is 0 Å². The first-order chi connectivity index (χ1) is 9.42. The van der Waals surface area contributed by atoms with Gasteiger partial charge < -0.3 is 10.6 Å². The molecule has 0 radical (unpaired) electrons. The van der Waals surface area contributed by atoms with Crippen molar-refractivity contribution in [2.45, 2.75) is 52.0 Å². The molecule has 0 amide bonds. The van der Waals surface area contributed by atoms with Gasteiger partial charge in [0, 0.05) is 5.69 Å². The van der Waals surface area contributed by atoms with Crippen LogP contribution in [-0.4, -0.2) is 18.0 Å². The summed E-state index contributed by atoms with van der Waals surface area (Å²) < 4.78 is 0. The monoisotopic (exact) mass is 271 g/mol. The molecule has 1 saturated carbocycles. The first-order valence-corrected chi connectivity index (χ1v) is 7.59. The lowest BCUT2D eigenvalue weighted by Gasteiger charge is -2.48. The SMILES string of the molecule is Cc1cccc(N2C(N)=NCC23CCCC(C)(C)C3)c1. The van der Waals surface area contributed by atoms with Gasteiger partial charge in [-0.25, -0.2) is 0 Å². The van der Waals surface area contributed by atoms with Gasteiger partial charge in [-0.15, -0.1) is 0 Å². The summed E-state index contributed by atoms with van der Waals surface area (Å²) in [4.78, 5) is 6.89. The third-order valence-electron chi connectivity index (χ3n) is 4.80. The second-order valence-electron chi connectivity index (χ2n) is 7.27. The first kappa shape index (κ1) is 13.5. The number of nitrogens with zero attached hydrogens (tertiary/aromatic N) is 2. The van der Waals surface area contributed by atoms with Gasteiger partial charge in [0.05, 0.1) is 12.1 Å². The Labute approximate surface area is 121 Å². The van der Waals surface area contributed by atoms with E-state index in [0.717, 1.165) is 13.0 Å². The van der Waals surface area contributed by atoms with Gasteiger partial charge >= 0.3 is 0 Å². The molecule has 1 aromatic carbocycles. The average Bonchev–Trinajstić information content (AvgIpc) is 2.64. The van der Waals surface area contributed by atoms with Crippen molar-refractivity contribution in [2.24, 2.45) is 16.1 Å². The van der Waals surface area contributed by atoms with Crippen molar-refractivity contribution in [3.8, 4) is 0 Å². The molecule has 108 valence electrons. The Morgan fingerprint density at radius 1 is 1.25 bits per heavy atom. The topological polar surface area (TPSA) is 41.6 Å². The highest BCUT2D eigenvalue weighted by atomic mass is 15.4. The van der Waals surface area contributed by atoms with Crippen molar-refractivity contribution >= 4 is 11.6 Å². The molecule has 1 aromatic rings. The number of hydrogen-bond donors (Lipinski definition) is 1. The molecule has 0 aromatic heterocycles. The highest BCUT2D eigenvalue weighted by Crippen LogP contribution is 2.47. The molecular weight excluding hydrogens is 246 g/mol. The van der Waals surface area contributed by atoms with Gasteiger partial charge in [-0.2, -0.15) is 0 Å². The number of nitrogens with two attached hydrogens (primary N) is 1. The molecule has 1 heterocycles. The molecule has 1 unspecified atom stereocenters. The number of aryl methyl sites for hydroxylation is 1. The third-order valence-corrected chi connectivity index (χ3v) is 4.80. The number of benzene rings is 1. The first-order valence-electron chi connectivity index (χ1n) is 7.59. The minimum atomic E-state index is 0.0969. The molecule has 20 heavy (non-hydrogen) atoms. The minimum absolute atomic E-state index is 0.0969. The van der Waals surface area contributed by atoms with Crippen molar-refractivity contribution in [3.63, 3.8) is 0 Å². The van der Waals surface area contributed by atoms with Crippen LogP contribution in [-0.2, 0) is 0 Å². The fraction of sp³-hybridized carbons (Fsp3) is 0.588. The Hall–Kier alpha value is -1.51. The van der Waals surface area contributed by atoms with Crippen molar-refractivity contribution in [1.82, 2.24) is 0 Å². The van der Waals surface area contributed by atoms with E-state index in [9.17, 15) is 0 Å². The summed E-state index contributed by atoms with van der Waals surface area (Å²) in [6.45, 7) is 7.72. The van der Waals surface area contributed by atoms with Gasteiger partial charge in [0.1, 0.15) is 0 Å². The lowest BCUT2D eigenvalue weighted by atomic mass is 9.67. The smallest absolute Gasteiger partial charge is 0.196 e. The van der Waals surface area contributed by atoms with Crippen LogP contribution in [0.2, 0.25) is 0 Å². The molecular formula is C17H25N3. The van der Waals surface area contributed by atoms with Crippen molar-refractivity contribution in [3.05, 3.63) is 29.8 Å². The van der Waals surface area contributed by atoms with Crippen molar-refractivity contribution in [2.75, 3.05) is 11.4 Å². The van der Waals surface area contributed by atoms with Crippen LogP contribution in [0.3, 0.4) is 0 Å². The van der Waals surface area contributed by atoms with Gasteiger partial charge in [-0.3, -0.25) is 4.99 Å². The second kappa shape index (κ2) is 4.51. The molecule has 1 atom stereocenters. The number of aliphatic imine (C=N–C) groups is 1. The molecule has 3 rings (SSSR count). The van der Waals surface area contributed by atoms with E-state index in [1.807, 2.05) is 0 Å². The van der Waals surface area contributed by atoms with Gasteiger partial charge in [0.25, 0.3) is 0 Å². The van der Waals surface area contributed by atoms with E-state index >= 15 is 0 Å². The van der Waals surface area contributed by atoms with Gasteiger partial charge in [0.15, 0.2) is 5.96 Å². The molecule has 1 spiro atoms. The highest BCUT2D eigenvalue weighted by molar-refractivity contribution is 5.98. The summed E-state index contributed by atoms with van der Waals surface area (Å²) in [5.41, 5.74) is 9.17. The maximum absolute atomic E-state index is 6.23. The zero-order chi connectivity index (χ0) is 14.4. The van der Waals surface area contributed by atoms with Gasteiger partial charge in [0.2, 0.25) is 0 Å². The zero-order valence-electron chi connectivity index (χ0n) is 12.8. The summed E-state index contributed by atoms with van der Waals surface area (Å²) in [5, 5.41) is 0. The summed E-state index contributed by atoms with van der Waals surface area (Å²) in [6, 6.07) is 8.61. The molecule has 1 aliphatic heterocycles. The van der Waals surface area contributed by atoms with Crippen LogP contribution in [0.4, 0.5) is 5.69 Å². The van der Waals surface area contributed by atoms with Crippen LogP contribution in [0, 0.1) is 12.3 Å². The van der Waals surface area contributed by atoms with Crippen LogP contribution < -0.4 is 10.6 Å². The van der Waals surface area contributed by atoms with E-state index < -0.39 is 0 Å². The van der Waals surface area contributed by atoms with Crippen molar-refractivity contribution < 1.29 is 0 Å². The molecule has 1 aliphatic carbocycles. The molecule has 0 saturated heterocycles. The molecule has 2 aliphatic rings. The maximum Gasteiger partial charge on any atom is 0.196 e. The fourth-order valence-electron chi connectivity index (χ4n) is 4.08. The summed E-state index contributed by atoms with van der Waals surface area (Å²) in [7, 11) is 0. The predicted octanol–water partition coefficient (Wildman–Crippen LogP) is 3.47. The van der Waals surface area contributed by atoms with Crippen LogP contribution in [0.25, 0.3) is 0 Å². The Kier molecular flexibility index (Phi) is 3.03. The molecule has 0 bridgehead atoms. The Balaban J connectivity index is 2.00. The van der Waals surface area contributed by atoms with E-state index in [1.165, 1.54) is 30.5 Å². The predicted molar refractivity (Wildman–Crippen MR) is 85.1 cm³/mol. The van der Waals surface area contributed by atoms with Gasteiger partial charge in [-0.05, 0) is 49.3 Å². The summed E-state index contributed by atoms with van der Waals surface area (Å²) >= 11 is 0. The Bertz CT molecular complexity index is 547. The maximum atomic E-state index is 6.23. The molecule has 3 nitrogen and oxygen atoms in total. The van der Waals surface area contributed by atoms with E-state index in [1.54, 1.807) is 0 Å². The average molecular weight is 271 g/mol. The van der Waals surface area contributed by atoms with E-state index in [0.29, 0.717) is 11.4 Å². The number of anilines is 1. The largest absolute Gasteiger partial charge is 0.369 e. The Morgan fingerprint density at radius 2 is 2.05 bits per heavy atom. The van der Waals surface area contributed by atoms with E-state index in [4.69, 9.17) is 5.73 Å².